The minimum atomic E-state index is -0.686. The van der Waals surface area contributed by atoms with Gasteiger partial charge in [-0.25, -0.2) is 4.39 Å². The number of nitrogens with one attached hydrogen (secondary N) is 1. The number of rotatable bonds is 4. The maximum atomic E-state index is 13.3. The average Bonchev–Trinajstić information content (AvgIpc) is 2.79. The minimum absolute atomic E-state index is 0.0477. The van der Waals surface area contributed by atoms with Crippen molar-refractivity contribution in [3.63, 3.8) is 0 Å². The van der Waals surface area contributed by atoms with Crippen molar-refractivity contribution in [1.82, 2.24) is 20.1 Å². The summed E-state index contributed by atoms with van der Waals surface area (Å²) < 4.78 is 15.1. The number of aromatic nitrogens is 3. The summed E-state index contributed by atoms with van der Waals surface area (Å²) in [4.78, 5) is 11.9. The van der Waals surface area contributed by atoms with Gasteiger partial charge in [0.2, 0.25) is 0 Å². The van der Waals surface area contributed by atoms with E-state index in [0.29, 0.717) is 13.0 Å². The number of hydrogen-bond acceptors (Lipinski definition) is 3. The molecule has 2 rings (SSSR count). The van der Waals surface area contributed by atoms with Gasteiger partial charge in [-0.2, -0.15) is 0 Å². The second kappa shape index (κ2) is 6.19. The third-order valence-electron chi connectivity index (χ3n) is 2.69. The second-order valence-corrected chi connectivity index (χ2v) is 4.92. The van der Waals surface area contributed by atoms with Crippen LogP contribution in [-0.4, -0.2) is 27.2 Å². The highest BCUT2D eigenvalue weighted by Gasteiger charge is 2.14. The summed E-state index contributed by atoms with van der Waals surface area (Å²) in [6.45, 7) is 0.339. The summed E-state index contributed by atoms with van der Waals surface area (Å²) in [5.74, 6) is -0.416. The van der Waals surface area contributed by atoms with Crippen molar-refractivity contribution in [1.29, 1.82) is 0 Å². The molecule has 0 atom stereocenters. The molecule has 5 nitrogen and oxygen atoms in total. The van der Waals surface area contributed by atoms with Crippen LogP contribution < -0.4 is 5.32 Å². The van der Waals surface area contributed by atoms with E-state index in [-0.39, 0.29) is 15.6 Å². The lowest BCUT2D eigenvalue weighted by Crippen LogP contribution is -2.26. The van der Waals surface area contributed by atoms with Gasteiger partial charge < -0.3 is 9.88 Å². The quantitative estimate of drug-likeness (QED) is 0.880. The van der Waals surface area contributed by atoms with Gasteiger partial charge in [0, 0.05) is 20.0 Å². The Morgan fingerprint density at radius 2 is 2.15 bits per heavy atom. The zero-order valence-electron chi connectivity index (χ0n) is 10.5. The fourth-order valence-corrected chi connectivity index (χ4v) is 2.08. The summed E-state index contributed by atoms with van der Waals surface area (Å²) >= 11 is 11.4. The first-order valence-electron chi connectivity index (χ1n) is 5.74. The van der Waals surface area contributed by atoms with Crippen molar-refractivity contribution in [3.05, 3.63) is 45.7 Å². The summed E-state index contributed by atoms with van der Waals surface area (Å²) in [6, 6.07) is 2.22. The molecule has 20 heavy (non-hydrogen) atoms. The van der Waals surface area contributed by atoms with E-state index in [4.69, 9.17) is 23.2 Å². The number of aryl methyl sites for hydroxylation is 1. The van der Waals surface area contributed by atoms with E-state index < -0.39 is 11.7 Å². The van der Waals surface area contributed by atoms with E-state index in [9.17, 15) is 9.18 Å². The molecule has 0 radical (unpaired) electrons. The highest BCUT2D eigenvalue weighted by molar-refractivity contribution is 6.36. The largest absolute Gasteiger partial charge is 0.352 e. The predicted molar refractivity (Wildman–Crippen MR) is 73.5 cm³/mol. The van der Waals surface area contributed by atoms with Gasteiger partial charge in [0.05, 0.1) is 15.6 Å². The number of hydrogen-bond donors (Lipinski definition) is 1. The molecule has 106 valence electrons. The summed E-state index contributed by atoms with van der Waals surface area (Å²) in [6.07, 6.45) is 2.08. The van der Waals surface area contributed by atoms with Crippen LogP contribution in [0.1, 0.15) is 16.2 Å². The van der Waals surface area contributed by atoms with Crippen LogP contribution in [0.3, 0.4) is 0 Å². The van der Waals surface area contributed by atoms with E-state index in [0.717, 1.165) is 11.9 Å². The number of carbonyl (C=O) groups is 1. The van der Waals surface area contributed by atoms with Gasteiger partial charge in [0.25, 0.3) is 5.91 Å². The van der Waals surface area contributed by atoms with Gasteiger partial charge in [0.1, 0.15) is 18.0 Å². The first-order valence-corrected chi connectivity index (χ1v) is 6.50. The van der Waals surface area contributed by atoms with Crippen LogP contribution in [0.5, 0.6) is 0 Å². The molecule has 8 heteroatoms. The van der Waals surface area contributed by atoms with Crippen molar-refractivity contribution in [2.45, 2.75) is 6.42 Å². The van der Waals surface area contributed by atoms with Gasteiger partial charge >= 0.3 is 0 Å². The first-order chi connectivity index (χ1) is 9.49. The van der Waals surface area contributed by atoms with Gasteiger partial charge in [-0.1, -0.05) is 23.2 Å². The lowest BCUT2D eigenvalue weighted by atomic mass is 10.2. The van der Waals surface area contributed by atoms with Crippen LogP contribution in [-0.2, 0) is 13.5 Å². The highest BCUT2D eigenvalue weighted by Crippen LogP contribution is 2.24. The zero-order valence-corrected chi connectivity index (χ0v) is 12.0. The minimum Gasteiger partial charge on any atom is -0.352 e. The van der Waals surface area contributed by atoms with Crippen LogP contribution in [0.2, 0.25) is 10.0 Å². The molecule has 1 heterocycles. The van der Waals surface area contributed by atoms with Gasteiger partial charge in [-0.05, 0) is 12.1 Å². The maximum absolute atomic E-state index is 13.3. The van der Waals surface area contributed by atoms with E-state index in [1.165, 1.54) is 6.07 Å². The number of benzene rings is 1. The molecular formula is C12H11Cl2FN4O. The Morgan fingerprint density at radius 3 is 2.80 bits per heavy atom. The molecule has 1 amide bonds. The summed E-state index contributed by atoms with van der Waals surface area (Å²) in [5, 5.41) is 10.2. The molecular weight excluding hydrogens is 306 g/mol. The van der Waals surface area contributed by atoms with E-state index in [1.807, 2.05) is 7.05 Å². The van der Waals surface area contributed by atoms with Crippen LogP contribution in [0.4, 0.5) is 4.39 Å². The smallest absolute Gasteiger partial charge is 0.252 e. The molecule has 0 saturated carbocycles. The van der Waals surface area contributed by atoms with Gasteiger partial charge in [0.15, 0.2) is 0 Å². The monoisotopic (exact) mass is 316 g/mol. The van der Waals surface area contributed by atoms with Crippen molar-refractivity contribution in [2.75, 3.05) is 6.54 Å². The lowest BCUT2D eigenvalue weighted by molar-refractivity contribution is 0.0953. The van der Waals surface area contributed by atoms with E-state index in [2.05, 4.69) is 15.5 Å². The SMILES string of the molecule is Cn1cnnc1CCNC(=O)c1cc(F)c(Cl)cc1Cl. The molecule has 1 aromatic carbocycles. The molecule has 0 spiro atoms. The molecule has 0 bridgehead atoms. The number of nitrogens with zero attached hydrogens (tertiary/aromatic N) is 3. The standard InChI is InChI=1S/C12H11Cl2FN4O/c1-19-6-17-18-11(19)2-3-16-12(20)7-4-10(15)9(14)5-8(7)13/h4-6H,2-3H2,1H3,(H,16,20). The Morgan fingerprint density at radius 1 is 1.40 bits per heavy atom. The van der Waals surface area contributed by atoms with E-state index in [1.54, 1.807) is 10.9 Å². The Bertz CT molecular complexity index is 644. The van der Waals surface area contributed by atoms with Crippen molar-refractivity contribution >= 4 is 29.1 Å². The van der Waals surface area contributed by atoms with Crippen molar-refractivity contribution < 1.29 is 9.18 Å². The average molecular weight is 317 g/mol. The topological polar surface area (TPSA) is 59.8 Å². The fraction of sp³-hybridized carbons (Fsp3) is 0.250. The fourth-order valence-electron chi connectivity index (χ4n) is 1.61. The number of halogens is 3. The Kier molecular flexibility index (Phi) is 4.57. The Hall–Kier alpha value is -1.66. The van der Waals surface area contributed by atoms with Crippen LogP contribution in [0, 0.1) is 5.82 Å². The van der Waals surface area contributed by atoms with Gasteiger partial charge in [-0.3, -0.25) is 4.79 Å². The summed E-state index contributed by atoms with van der Waals surface area (Å²) in [5.41, 5.74) is 0.0477. The van der Waals surface area contributed by atoms with Crippen LogP contribution >= 0.6 is 23.2 Å². The number of amides is 1. The highest BCUT2D eigenvalue weighted by atomic mass is 35.5. The molecule has 1 aromatic heterocycles. The predicted octanol–water partition coefficient (Wildman–Crippen LogP) is 2.23. The summed E-state index contributed by atoms with van der Waals surface area (Å²) in [7, 11) is 1.81. The van der Waals surface area contributed by atoms with Crippen molar-refractivity contribution in [2.24, 2.45) is 7.05 Å². The second-order valence-electron chi connectivity index (χ2n) is 4.11. The molecule has 0 aliphatic heterocycles. The zero-order chi connectivity index (χ0) is 14.7. The maximum Gasteiger partial charge on any atom is 0.252 e. The molecule has 2 aromatic rings. The molecule has 0 aliphatic carbocycles. The lowest BCUT2D eigenvalue weighted by Gasteiger charge is -2.07. The molecule has 0 fully saturated rings. The Balaban J connectivity index is 1.99. The normalized spacial score (nSPS) is 10.6. The van der Waals surface area contributed by atoms with E-state index >= 15 is 0 Å². The molecule has 1 N–H and O–H groups in total. The third kappa shape index (κ3) is 3.26. The van der Waals surface area contributed by atoms with Crippen LogP contribution in [0.15, 0.2) is 18.5 Å². The van der Waals surface area contributed by atoms with Gasteiger partial charge in [-0.15, -0.1) is 10.2 Å². The Labute approximate surface area is 124 Å². The van der Waals surface area contributed by atoms with Crippen LogP contribution in [0.25, 0.3) is 0 Å². The molecule has 0 unspecified atom stereocenters. The molecule has 0 saturated heterocycles. The first kappa shape index (κ1) is 14.7. The van der Waals surface area contributed by atoms with Crippen molar-refractivity contribution in [3.8, 4) is 0 Å². The molecule has 0 aliphatic rings. The third-order valence-corrected chi connectivity index (χ3v) is 3.30. The number of carbonyl (C=O) groups excluding carboxylic acids is 1.